The molecule has 0 aliphatic heterocycles. The summed E-state index contributed by atoms with van der Waals surface area (Å²) in [4.78, 5) is 0. The van der Waals surface area contributed by atoms with Gasteiger partial charge in [-0.3, -0.25) is 0 Å². The average molecular weight is 284 g/mol. The van der Waals surface area contributed by atoms with Gasteiger partial charge in [-0.25, -0.2) is 0 Å². The Morgan fingerprint density at radius 1 is 1.50 bits per heavy atom. The number of hydrogen-bond donors (Lipinski definition) is 2. The first-order chi connectivity index (χ1) is 7.68. The van der Waals surface area contributed by atoms with E-state index in [4.69, 9.17) is 0 Å². The molecule has 0 spiro atoms. The SMILES string of the molecule is CC1CCCC1(CO)Nc1ccccc1Br. The summed E-state index contributed by atoms with van der Waals surface area (Å²) in [6.07, 6.45) is 3.43. The Labute approximate surface area is 105 Å². The third-order valence-corrected chi connectivity index (χ3v) is 4.43. The lowest BCUT2D eigenvalue weighted by atomic mass is 9.89. The van der Waals surface area contributed by atoms with Gasteiger partial charge in [-0.05, 0) is 46.8 Å². The number of rotatable bonds is 3. The number of benzene rings is 1. The van der Waals surface area contributed by atoms with E-state index in [1.165, 1.54) is 12.8 Å². The molecule has 3 heteroatoms. The van der Waals surface area contributed by atoms with Gasteiger partial charge in [0.1, 0.15) is 0 Å². The van der Waals surface area contributed by atoms with Crippen molar-refractivity contribution in [2.24, 2.45) is 5.92 Å². The van der Waals surface area contributed by atoms with E-state index in [0.717, 1.165) is 16.6 Å². The zero-order chi connectivity index (χ0) is 11.6. The Morgan fingerprint density at radius 3 is 2.81 bits per heavy atom. The van der Waals surface area contributed by atoms with E-state index in [0.29, 0.717) is 5.92 Å². The zero-order valence-corrected chi connectivity index (χ0v) is 11.1. The molecule has 0 bridgehead atoms. The second kappa shape index (κ2) is 4.76. The summed E-state index contributed by atoms with van der Waals surface area (Å²) in [6.45, 7) is 2.42. The van der Waals surface area contributed by atoms with Gasteiger partial charge in [0.05, 0.1) is 12.1 Å². The molecule has 1 aromatic carbocycles. The van der Waals surface area contributed by atoms with E-state index in [1.54, 1.807) is 0 Å². The Morgan fingerprint density at radius 2 is 2.25 bits per heavy atom. The van der Waals surface area contributed by atoms with Gasteiger partial charge in [-0.1, -0.05) is 25.5 Å². The molecule has 0 radical (unpaired) electrons. The third kappa shape index (κ3) is 2.11. The number of aliphatic hydroxyl groups is 1. The Bertz CT molecular complexity index is 369. The van der Waals surface area contributed by atoms with Crippen LogP contribution in [-0.4, -0.2) is 17.3 Å². The Kier molecular flexibility index (Phi) is 3.55. The summed E-state index contributed by atoms with van der Waals surface area (Å²) in [5.41, 5.74) is 0.939. The Balaban J connectivity index is 2.22. The van der Waals surface area contributed by atoms with Crippen molar-refractivity contribution in [3.63, 3.8) is 0 Å². The summed E-state index contributed by atoms with van der Waals surface area (Å²) in [6, 6.07) is 8.08. The molecule has 88 valence electrons. The molecular formula is C13H18BrNO. The van der Waals surface area contributed by atoms with E-state index in [1.807, 2.05) is 24.3 Å². The van der Waals surface area contributed by atoms with Gasteiger partial charge >= 0.3 is 0 Å². The molecule has 2 rings (SSSR count). The van der Waals surface area contributed by atoms with Crippen LogP contribution in [0.1, 0.15) is 26.2 Å². The summed E-state index contributed by atoms with van der Waals surface area (Å²) in [5.74, 6) is 0.518. The van der Waals surface area contributed by atoms with Crippen molar-refractivity contribution < 1.29 is 5.11 Å². The maximum atomic E-state index is 9.66. The molecule has 1 fully saturated rings. The van der Waals surface area contributed by atoms with Crippen LogP contribution in [-0.2, 0) is 0 Å². The molecule has 0 amide bonds. The lowest BCUT2D eigenvalue weighted by Gasteiger charge is -2.34. The highest BCUT2D eigenvalue weighted by molar-refractivity contribution is 9.10. The molecular weight excluding hydrogens is 266 g/mol. The molecule has 1 saturated carbocycles. The predicted octanol–water partition coefficient (Wildman–Crippen LogP) is 3.41. The predicted molar refractivity (Wildman–Crippen MR) is 70.6 cm³/mol. The minimum Gasteiger partial charge on any atom is -0.394 e. The van der Waals surface area contributed by atoms with Gasteiger partial charge in [0.25, 0.3) is 0 Å². The molecule has 0 aromatic heterocycles. The van der Waals surface area contributed by atoms with E-state index in [2.05, 4.69) is 28.2 Å². The standard InChI is InChI=1S/C13H18BrNO/c1-10-5-4-8-13(10,9-16)15-12-7-3-2-6-11(12)14/h2-3,6-7,10,15-16H,4-5,8-9H2,1H3. The first-order valence-corrected chi connectivity index (χ1v) is 6.61. The minimum absolute atomic E-state index is 0.135. The summed E-state index contributed by atoms with van der Waals surface area (Å²) in [5, 5.41) is 13.2. The average Bonchev–Trinajstić information content (AvgIpc) is 2.64. The van der Waals surface area contributed by atoms with E-state index in [9.17, 15) is 5.11 Å². The van der Waals surface area contributed by atoms with Gasteiger partial charge in [0, 0.05) is 10.2 Å². The highest BCUT2D eigenvalue weighted by Gasteiger charge is 2.39. The smallest absolute Gasteiger partial charge is 0.0664 e. The fourth-order valence-electron chi connectivity index (χ4n) is 2.54. The monoisotopic (exact) mass is 283 g/mol. The molecule has 2 N–H and O–H groups in total. The summed E-state index contributed by atoms with van der Waals surface area (Å²) >= 11 is 3.53. The summed E-state index contributed by atoms with van der Waals surface area (Å²) < 4.78 is 1.06. The van der Waals surface area contributed by atoms with Crippen LogP contribution in [0.15, 0.2) is 28.7 Å². The first-order valence-electron chi connectivity index (χ1n) is 5.81. The van der Waals surface area contributed by atoms with Crippen molar-refractivity contribution in [1.29, 1.82) is 0 Å². The van der Waals surface area contributed by atoms with Crippen LogP contribution in [0.25, 0.3) is 0 Å². The van der Waals surface area contributed by atoms with Gasteiger partial charge in [0.2, 0.25) is 0 Å². The molecule has 1 aliphatic carbocycles. The Hall–Kier alpha value is -0.540. The zero-order valence-electron chi connectivity index (χ0n) is 9.54. The maximum Gasteiger partial charge on any atom is 0.0664 e. The van der Waals surface area contributed by atoms with Gasteiger partial charge in [0.15, 0.2) is 0 Å². The summed E-state index contributed by atoms with van der Waals surface area (Å²) in [7, 11) is 0. The van der Waals surface area contributed by atoms with Crippen molar-refractivity contribution >= 4 is 21.6 Å². The lowest BCUT2D eigenvalue weighted by Crippen LogP contribution is -2.44. The third-order valence-electron chi connectivity index (χ3n) is 3.74. The van der Waals surface area contributed by atoms with E-state index in [-0.39, 0.29) is 12.1 Å². The second-order valence-corrected chi connectivity index (χ2v) is 5.57. The highest BCUT2D eigenvalue weighted by atomic mass is 79.9. The normalized spacial score (nSPS) is 29.3. The largest absolute Gasteiger partial charge is 0.394 e. The fraction of sp³-hybridized carbons (Fsp3) is 0.538. The second-order valence-electron chi connectivity index (χ2n) is 4.71. The van der Waals surface area contributed by atoms with Crippen LogP contribution >= 0.6 is 15.9 Å². The van der Waals surface area contributed by atoms with Gasteiger partial charge in [-0.15, -0.1) is 0 Å². The molecule has 0 heterocycles. The topological polar surface area (TPSA) is 32.3 Å². The van der Waals surface area contributed by atoms with Crippen LogP contribution in [0, 0.1) is 5.92 Å². The fourth-order valence-corrected chi connectivity index (χ4v) is 2.92. The number of para-hydroxylation sites is 1. The van der Waals surface area contributed by atoms with Crippen LogP contribution in [0.5, 0.6) is 0 Å². The number of anilines is 1. The quantitative estimate of drug-likeness (QED) is 0.891. The highest BCUT2D eigenvalue weighted by Crippen LogP contribution is 2.39. The van der Waals surface area contributed by atoms with Crippen molar-refractivity contribution in [3.05, 3.63) is 28.7 Å². The molecule has 1 aromatic rings. The molecule has 2 unspecified atom stereocenters. The van der Waals surface area contributed by atoms with Crippen molar-refractivity contribution in [3.8, 4) is 0 Å². The van der Waals surface area contributed by atoms with Gasteiger partial charge < -0.3 is 10.4 Å². The van der Waals surface area contributed by atoms with Crippen LogP contribution in [0.4, 0.5) is 5.69 Å². The van der Waals surface area contributed by atoms with E-state index < -0.39 is 0 Å². The molecule has 1 aliphatic rings. The molecule has 2 atom stereocenters. The van der Waals surface area contributed by atoms with Gasteiger partial charge in [-0.2, -0.15) is 0 Å². The molecule has 16 heavy (non-hydrogen) atoms. The number of aliphatic hydroxyl groups excluding tert-OH is 1. The molecule has 2 nitrogen and oxygen atoms in total. The first kappa shape index (κ1) is 11.9. The van der Waals surface area contributed by atoms with Crippen molar-refractivity contribution in [2.45, 2.75) is 31.7 Å². The van der Waals surface area contributed by atoms with Crippen molar-refractivity contribution in [1.82, 2.24) is 0 Å². The lowest BCUT2D eigenvalue weighted by molar-refractivity contribution is 0.184. The number of hydrogen-bond acceptors (Lipinski definition) is 2. The van der Waals surface area contributed by atoms with Crippen LogP contribution < -0.4 is 5.32 Å². The van der Waals surface area contributed by atoms with Crippen molar-refractivity contribution in [2.75, 3.05) is 11.9 Å². The minimum atomic E-state index is -0.135. The maximum absolute atomic E-state index is 9.66. The number of halogens is 1. The number of nitrogens with one attached hydrogen (secondary N) is 1. The van der Waals surface area contributed by atoms with E-state index >= 15 is 0 Å². The molecule has 0 saturated heterocycles. The van der Waals surface area contributed by atoms with Crippen LogP contribution in [0.2, 0.25) is 0 Å². The van der Waals surface area contributed by atoms with Crippen LogP contribution in [0.3, 0.4) is 0 Å².